The van der Waals surface area contributed by atoms with Crippen molar-refractivity contribution < 1.29 is 8.78 Å². The minimum atomic E-state index is -2.45. The van der Waals surface area contributed by atoms with E-state index in [4.69, 9.17) is 0 Å². The van der Waals surface area contributed by atoms with E-state index in [0.29, 0.717) is 12.5 Å². The van der Waals surface area contributed by atoms with E-state index in [1.54, 1.807) is 3.11 Å². The molecule has 1 fully saturated rings. The van der Waals surface area contributed by atoms with Crippen molar-refractivity contribution in [2.24, 2.45) is 0 Å². The Bertz CT molecular complexity index is 129. The van der Waals surface area contributed by atoms with Gasteiger partial charge in [0.05, 0.1) is 6.54 Å². The third kappa shape index (κ3) is 2.02. The van der Waals surface area contributed by atoms with E-state index in [1.807, 2.05) is 29.8 Å². The van der Waals surface area contributed by atoms with Crippen molar-refractivity contribution in [3.05, 3.63) is 0 Å². The summed E-state index contributed by atoms with van der Waals surface area (Å²) >= 11 is 1.96. The van der Waals surface area contributed by atoms with Crippen LogP contribution in [0.1, 0.15) is 19.8 Å². The highest BCUT2D eigenvalue weighted by Gasteiger charge is 2.37. The van der Waals surface area contributed by atoms with Crippen LogP contribution in [0.15, 0.2) is 0 Å². The third-order valence-corrected chi connectivity index (χ3v) is 3.08. The molecule has 1 heterocycles. The van der Waals surface area contributed by atoms with E-state index in [0.717, 1.165) is 0 Å². The van der Waals surface area contributed by atoms with E-state index in [1.165, 1.54) is 0 Å². The van der Waals surface area contributed by atoms with Gasteiger partial charge < -0.3 is 0 Å². The number of hydrogen-bond donors (Lipinski definition) is 0. The maximum Gasteiger partial charge on any atom is 0.261 e. The molecule has 4 heteroatoms. The van der Waals surface area contributed by atoms with Gasteiger partial charge in [0.1, 0.15) is 0 Å². The van der Waals surface area contributed by atoms with Gasteiger partial charge in [-0.2, -0.15) is 0 Å². The molecule has 0 amide bonds. The average molecular weight is 261 g/mol. The second-order valence-electron chi connectivity index (χ2n) is 2.80. The van der Waals surface area contributed by atoms with Crippen molar-refractivity contribution in [1.29, 1.82) is 0 Å². The quantitative estimate of drug-likeness (QED) is 0.478. The molecular formula is C6H10F2IN. The van der Waals surface area contributed by atoms with Crippen LogP contribution in [0.3, 0.4) is 0 Å². The summed E-state index contributed by atoms with van der Waals surface area (Å²) in [6.45, 7) is 1.89. The zero-order chi connectivity index (χ0) is 7.78. The molecule has 0 aromatic rings. The lowest BCUT2D eigenvalue weighted by Gasteiger charge is -2.32. The summed E-state index contributed by atoms with van der Waals surface area (Å²) in [5.41, 5.74) is 0. The number of hydrogen-bond acceptors (Lipinski definition) is 1. The molecule has 0 aliphatic carbocycles. The minimum absolute atomic E-state index is 0.0493. The largest absolute Gasteiger partial charge is 0.261 e. The minimum Gasteiger partial charge on any atom is -0.239 e. The maximum atomic E-state index is 12.6. The SMILES string of the molecule is CC1CCC(F)(F)CN1I. The van der Waals surface area contributed by atoms with Gasteiger partial charge >= 0.3 is 0 Å². The van der Waals surface area contributed by atoms with Gasteiger partial charge in [-0.1, -0.05) is 0 Å². The summed E-state index contributed by atoms with van der Waals surface area (Å²) in [5, 5.41) is 0. The predicted molar refractivity (Wildman–Crippen MR) is 44.4 cm³/mol. The van der Waals surface area contributed by atoms with E-state index in [2.05, 4.69) is 0 Å². The molecule has 1 aliphatic rings. The number of alkyl halides is 2. The van der Waals surface area contributed by atoms with Crippen LogP contribution in [0.4, 0.5) is 8.78 Å². The first-order valence-corrected chi connectivity index (χ1v) is 4.28. The molecule has 0 aromatic carbocycles. The smallest absolute Gasteiger partial charge is 0.239 e. The molecular weight excluding hydrogens is 251 g/mol. The van der Waals surface area contributed by atoms with Gasteiger partial charge in [-0.15, -0.1) is 0 Å². The molecule has 0 saturated carbocycles. The van der Waals surface area contributed by atoms with Gasteiger partial charge in [-0.3, -0.25) is 0 Å². The van der Waals surface area contributed by atoms with Gasteiger partial charge in [0.25, 0.3) is 5.92 Å². The number of rotatable bonds is 0. The van der Waals surface area contributed by atoms with Crippen LogP contribution in [0.5, 0.6) is 0 Å². The van der Waals surface area contributed by atoms with Crippen LogP contribution in [0.25, 0.3) is 0 Å². The Kier molecular flexibility index (Phi) is 2.50. The van der Waals surface area contributed by atoms with E-state index >= 15 is 0 Å². The molecule has 0 aromatic heterocycles. The molecule has 0 radical (unpaired) electrons. The topological polar surface area (TPSA) is 3.24 Å². The van der Waals surface area contributed by atoms with Gasteiger partial charge in [-0.05, 0) is 13.3 Å². The van der Waals surface area contributed by atoms with E-state index in [9.17, 15) is 8.78 Å². The zero-order valence-corrected chi connectivity index (χ0v) is 7.94. The Morgan fingerprint density at radius 3 is 2.60 bits per heavy atom. The van der Waals surface area contributed by atoms with Crippen LogP contribution in [0, 0.1) is 0 Å². The molecule has 0 N–H and O–H groups in total. The highest BCUT2D eigenvalue weighted by Crippen LogP contribution is 2.31. The maximum absolute atomic E-state index is 12.6. The van der Waals surface area contributed by atoms with Gasteiger partial charge in [-0.25, -0.2) is 11.9 Å². The summed E-state index contributed by atoms with van der Waals surface area (Å²) in [6, 6.07) is 0.306. The molecule has 1 unspecified atom stereocenters. The molecule has 60 valence electrons. The molecule has 1 rings (SSSR count). The standard InChI is InChI=1S/C6H10F2IN/c1-5-2-3-6(7,8)4-10(5)9/h5H,2-4H2,1H3. The van der Waals surface area contributed by atoms with Gasteiger partial charge in [0.2, 0.25) is 0 Å². The van der Waals surface area contributed by atoms with Gasteiger partial charge in [0, 0.05) is 35.3 Å². The Morgan fingerprint density at radius 1 is 1.60 bits per heavy atom. The lowest BCUT2D eigenvalue weighted by atomic mass is 10.0. The summed E-state index contributed by atoms with van der Waals surface area (Å²) in [5.74, 6) is -2.45. The van der Waals surface area contributed by atoms with Crippen LogP contribution in [0.2, 0.25) is 0 Å². The Labute approximate surface area is 73.3 Å². The molecule has 1 saturated heterocycles. The fourth-order valence-corrected chi connectivity index (χ4v) is 1.79. The molecule has 1 nitrogen and oxygen atoms in total. The summed E-state index contributed by atoms with van der Waals surface area (Å²) < 4.78 is 26.8. The fourth-order valence-electron chi connectivity index (χ4n) is 1.02. The van der Waals surface area contributed by atoms with E-state index < -0.39 is 5.92 Å². The first-order valence-electron chi connectivity index (χ1n) is 3.31. The Balaban J connectivity index is 2.49. The fraction of sp³-hybridized carbons (Fsp3) is 1.00. The molecule has 1 atom stereocenters. The van der Waals surface area contributed by atoms with Crippen LogP contribution in [-0.2, 0) is 0 Å². The van der Waals surface area contributed by atoms with Gasteiger partial charge in [0.15, 0.2) is 0 Å². The monoisotopic (exact) mass is 261 g/mol. The number of nitrogens with zero attached hydrogens (tertiary/aromatic N) is 1. The number of halogens is 3. The predicted octanol–water partition coefficient (Wildman–Crippen LogP) is 2.46. The molecule has 0 bridgehead atoms. The van der Waals surface area contributed by atoms with Crippen molar-refractivity contribution in [2.45, 2.75) is 31.7 Å². The highest BCUT2D eigenvalue weighted by atomic mass is 127. The third-order valence-electron chi connectivity index (χ3n) is 1.79. The Morgan fingerprint density at radius 2 is 2.20 bits per heavy atom. The van der Waals surface area contributed by atoms with Crippen LogP contribution < -0.4 is 0 Å². The van der Waals surface area contributed by atoms with Crippen molar-refractivity contribution in [3.63, 3.8) is 0 Å². The second kappa shape index (κ2) is 2.89. The van der Waals surface area contributed by atoms with Crippen molar-refractivity contribution in [3.8, 4) is 0 Å². The van der Waals surface area contributed by atoms with Crippen molar-refractivity contribution in [2.75, 3.05) is 6.54 Å². The first kappa shape index (κ1) is 8.64. The van der Waals surface area contributed by atoms with Crippen LogP contribution >= 0.6 is 22.9 Å². The molecule has 0 spiro atoms. The lowest BCUT2D eigenvalue weighted by molar-refractivity contribution is -0.0481. The second-order valence-corrected chi connectivity index (χ2v) is 4.04. The normalized spacial score (nSPS) is 34.2. The summed E-state index contributed by atoms with van der Waals surface area (Å²) in [4.78, 5) is 0. The molecule has 1 aliphatic heterocycles. The highest BCUT2D eigenvalue weighted by molar-refractivity contribution is 14.1. The lowest BCUT2D eigenvalue weighted by Crippen LogP contribution is -2.41. The van der Waals surface area contributed by atoms with Crippen molar-refractivity contribution in [1.82, 2.24) is 3.11 Å². The molecule has 10 heavy (non-hydrogen) atoms. The summed E-state index contributed by atoms with van der Waals surface area (Å²) in [7, 11) is 0. The zero-order valence-electron chi connectivity index (χ0n) is 5.78. The van der Waals surface area contributed by atoms with E-state index in [-0.39, 0.29) is 13.0 Å². The van der Waals surface area contributed by atoms with Crippen LogP contribution in [-0.4, -0.2) is 21.6 Å². The average Bonchev–Trinajstić information content (AvgIpc) is 1.79. The van der Waals surface area contributed by atoms with Crippen molar-refractivity contribution >= 4 is 22.9 Å². The first-order chi connectivity index (χ1) is 4.51. The summed E-state index contributed by atoms with van der Waals surface area (Å²) in [6.07, 6.45) is 0.656. The number of piperidine rings is 1. The Hall–Kier alpha value is 0.550.